The van der Waals surface area contributed by atoms with Crippen LogP contribution in [0.1, 0.15) is 27.2 Å². The van der Waals surface area contributed by atoms with Crippen molar-refractivity contribution in [1.82, 2.24) is 15.2 Å². The van der Waals surface area contributed by atoms with Crippen molar-refractivity contribution >= 4 is 29.1 Å². The van der Waals surface area contributed by atoms with Crippen LogP contribution in [0.4, 0.5) is 0 Å². The maximum atomic E-state index is 13.4. The van der Waals surface area contributed by atoms with Gasteiger partial charge in [0.1, 0.15) is 28.0 Å². The molecule has 0 unspecified atom stereocenters. The van der Waals surface area contributed by atoms with Gasteiger partial charge in [-0.2, -0.15) is 0 Å². The number of para-hydroxylation sites is 2. The number of thiazole rings is 1. The number of nitrogens with zero attached hydrogens (tertiary/aromatic N) is 2. The van der Waals surface area contributed by atoms with Crippen molar-refractivity contribution < 1.29 is 33.7 Å². The van der Waals surface area contributed by atoms with E-state index in [2.05, 4.69) is 5.32 Å². The van der Waals surface area contributed by atoms with E-state index in [0.29, 0.717) is 29.3 Å². The van der Waals surface area contributed by atoms with Crippen molar-refractivity contribution in [2.24, 2.45) is 0 Å². The van der Waals surface area contributed by atoms with Crippen LogP contribution in [0.25, 0.3) is 10.6 Å². The molecular weight excluding hydrogens is 679 g/mol. The standard InChI is InChI=1S/C41H35N3O7S/c45-38(26-49-34-7-3-1-4-8-34)44(24-30-13-19-35(20-14-30)50-27-39(46)47)25-33-28-52-41(43-33)32-17-15-31(16-18-32)40(48)42-23-29-11-21-37(22-12-29)51-36-9-5-2-6-10-36/h1-22,28H,23-27H2,(H,42,48)(H,46,47). The number of ether oxygens (including phenoxy) is 3. The van der Waals surface area contributed by atoms with Gasteiger partial charge in [-0.3, -0.25) is 9.59 Å². The SMILES string of the molecule is O=C(O)COc1ccc(CN(Cc2csc(-c3ccc(C(=O)NCc4ccc(Oc5ccccc5)cc4)cc3)n2)C(=O)COc2ccccc2)cc1. The lowest BCUT2D eigenvalue weighted by Crippen LogP contribution is -2.34. The summed E-state index contributed by atoms with van der Waals surface area (Å²) in [5.41, 5.74) is 3.86. The highest BCUT2D eigenvalue weighted by atomic mass is 32.1. The van der Waals surface area contributed by atoms with E-state index in [1.165, 1.54) is 11.3 Å². The Bertz CT molecular complexity index is 2070. The van der Waals surface area contributed by atoms with E-state index in [1.54, 1.807) is 53.4 Å². The predicted molar refractivity (Wildman–Crippen MR) is 197 cm³/mol. The molecule has 0 spiro atoms. The van der Waals surface area contributed by atoms with Gasteiger partial charge in [0.2, 0.25) is 0 Å². The van der Waals surface area contributed by atoms with Crippen LogP contribution in [0, 0.1) is 0 Å². The molecule has 10 nitrogen and oxygen atoms in total. The van der Waals surface area contributed by atoms with Crippen molar-refractivity contribution in [3.63, 3.8) is 0 Å². The molecule has 2 N–H and O–H groups in total. The van der Waals surface area contributed by atoms with Crippen molar-refractivity contribution in [3.05, 3.63) is 161 Å². The number of carbonyl (C=O) groups excluding carboxylic acids is 2. The second-order valence-corrected chi connectivity index (χ2v) is 12.5. The lowest BCUT2D eigenvalue weighted by Gasteiger charge is -2.22. The third kappa shape index (κ3) is 10.3. The number of aliphatic carboxylic acids is 1. The predicted octanol–water partition coefficient (Wildman–Crippen LogP) is 7.60. The van der Waals surface area contributed by atoms with Crippen molar-refractivity contribution in [2.45, 2.75) is 19.6 Å². The molecule has 11 heteroatoms. The van der Waals surface area contributed by atoms with E-state index in [4.69, 9.17) is 24.3 Å². The molecule has 0 saturated carbocycles. The minimum Gasteiger partial charge on any atom is -0.484 e. The van der Waals surface area contributed by atoms with Crippen LogP contribution in [0.2, 0.25) is 0 Å². The molecule has 0 aliphatic heterocycles. The number of carbonyl (C=O) groups is 3. The molecule has 1 heterocycles. The number of hydrogen-bond donors (Lipinski definition) is 2. The molecule has 6 aromatic rings. The summed E-state index contributed by atoms with van der Waals surface area (Å²) in [6.07, 6.45) is 0. The molecule has 0 saturated heterocycles. The number of amides is 2. The Hall–Kier alpha value is -6.46. The summed E-state index contributed by atoms with van der Waals surface area (Å²) in [6.45, 7) is 0.294. The lowest BCUT2D eigenvalue weighted by atomic mass is 10.1. The number of aromatic nitrogens is 1. The molecule has 0 bridgehead atoms. The zero-order valence-corrected chi connectivity index (χ0v) is 28.8. The fourth-order valence-corrected chi connectivity index (χ4v) is 5.92. The van der Waals surface area contributed by atoms with Gasteiger partial charge in [0.15, 0.2) is 13.2 Å². The van der Waals surface area contributed by atoms with E-state index in [1.807, 2.05) is 90.3 Å². The van der Waals surface area contributed by atoms with E-state index < -0.39 is 12.6 Å². The highest BCUT2D eigenvalue weighted by Crippen LogP contribution is 2.26. The maximum Gasteiger partial charge on any atom is 0.341 e. The van der Waals surface area contributed by atoms with Gasteiger partial charge in [0.05, 0.1) is 12.2 Å². The van der Waals surface area contributed by atoms with Crippen LogP contribution < -0.4 is 19.5 Å². The van der Waals surface area contributed by atoms with Crippen LogP contribution in [-0.4, -0.2) is 46.0 Å². The van der Waals surface area contributed by atoms with E-state index in [0.717, 1.165) is 33.2 Å². The molecule has 0 aliphatic carbocycles. The summed E-state index contributed by atoms with van der Waals surface area (Å²) in [5.74, 6) is 1.01. The van der Waals surface area contributed by atoms with E-state index in [9.17, 15) is 14.4 Å². The Labute approximate surface area is 304 Å². The number of carboxylic acid groups (broad SMARTS) is 1. The van der Waals surface area contributed by atoms with Gasteiger partial charge in [-0.25, -0.2) is 9.78 Å². The van der Waals surface area contributed by atoms with Gasteiger partial charge in [-0.1, -0.05) is 72.8 Å². The Morgan fingerprint density at radius 1 is 0.654 bits per heavy atom. The third-order valence-electron chi connectivity index (χ3n) is 7.77. The quantitative estimate of drug-likeness (QED) is 0.105. The molecule has 0 radical (unpaired) electrons. The Morgan fingerprint density at radius 3 is 1.90 bits per heavy atom. The van der Waals surface area contributed by atoms with Gasteiger partial charge in [-0.15, -0.1) is 11.3 Å². The third-order valence-corrected chi connectivity index (χ3v) is 8.71. The van der Waals surface area contributed by atoms with Crippen LogP contribution in [0.5, 0.6) is 23.0 Å². The number of hydrogen-bond acceptors (Lipinski definition) is 8. The zero-order valence-electron chi connectivity index (χ0n) is 28.0. The molecular formula is C41H35N3O7S. The first kappa shape index (κ1) is 35.4. The fourth-order valence-electron chi connectivity index (χ4n) is 5.10. The van der Waals surface area contributed by atoms with Crippen LogP contribution >= 0.6 is 11.3 Å². The van der Waals surface area contributed by atoms with Crippen LogP contribution in [0.15, 0.2) is 139 Å². The monoisotopic (exact) mass is 713 g/mol. The largest absolute Gasteiger partial charge is 0.484 e. The minimum absolute atomic E-state index is 0.154. The molecule has 0 atom stereocenters. The second kappa shape index (κ2) is 17.5. The Morgan fingerprint density at radius 2 is 1.23 bits per heavy atom. The fraction of sp³-hybridized carbons (Fsp3) is 0.122. The van der Waals surface area contributed by atoms with Gasteiger partial charge >= 0.3 is 5.97 Å². The Balaban J connectivity index is 1.06. The van der Waals surface area contributed by atoms with Crippen molar-refractivity contribution in [2.75, 3.05) is 13.2 Å². The molecule has 1 aromatic heterocycles. The van der Waals surface area contributed by atoms with Crippen molar-refractivity contribution in [3.8, 4) is 33.6 Å². The maximum absolute atomic E-state index is 13.4. The first-order valence-electron chi connectivity index (χ1n) is 16.4. The first-order valence-corrected chi connectivity index (χ1v) is 17.3. The number of rotatable bonds is 16. The van der Waals surface area contributed by atoms with Gasteiger partial charge < -0.3 is 29.5 Å². The zero-order chi connectivity index (χ0) is 36.1. The molecule has 2 amide bonds. The number of benzene rings is 5. The lowest BCUT2D eigenvalue weighted by molar-refractivity contribution is -0.139. The molecule has 52 heavy (non-hydrogen) atoms. The molecule has 0 fully saturated rings. The summed E-state index contributed by atoms with van der Waals surface area (Å²) < 4.78 is 16.8. The average molecular weight is 714 g/mol. The molecule has 6 rings (SSSR count). The van der Waals surface area contributed by atoms with Gasteiger partial charge in [0.25, 0.3) is 11.8 Å². The topological polar surface area (TPSA) is 127 Å². The minimum atomic E-state index is -1.06. The number of nitrogens with one attached hydrogen (secondary N) is 1. The van der Waals surface area contributed by atoms with Gasteiger partial charge in [0, 0.05) is 29.6 Å². The summed E-state index contributed by atoms with van der Waals surface area (Å²) in [7, 11) is 0. The van der Waals surface area contributed by atoms with Crippen molar-refractivity contribution in [1.29, 1.82) is 0 Å². The smallest absolute Gasteiger partial charge is 0.341 e. The summed E-state index contributed by atoms with van der Waals surface area (Å²) in [6, 6.07) is 40.4. The summed E-state index contributed by atoms with van der Waals surface area (Å²) >= 11 is 1.45. The highest BCUT2D eigenvalue weighted by Gasteiger charge is 2.18. The summed E-state index contributed by atoms with van der Waals surface area (Å²) in [4.78, 5) is 43.6. The van der Waals surface area contributed by atoms with Gasteiger partial charge in [-0.05, 0) is 71.8 Å². The van der Waals surface area contributed by atoms with E-state index in [-0.39, 0.29) is 31.5 Å². The van der Waals surface area contributed by atoms with Crippen LogP contribution in [0.3, 0.4) is 0 Å². The normalized spacial score (nSPS) is 10.6. The highest BCUT2D eigenvalue weighted by molar-refractivity contribution is 7.13. The number of carboxylic acids is 1. The Kier molecular flexibility index (Phi) is 11.9. The summed E-state index contributed by atoms with van der Waals surface area (Å²) in [5, 5.41) is 14.5. The van der Waals surface area contributed by atoms with E-state index >= 15 is 0 Å². The molecule has 0 aliphatic rings. The van der Waals surface area contributed by atoms with Crippen LogP contribution in [-0.2, 0) is 29.2 Å². The first-order chi connectivity index (χ1) is 25.4. The average Bonchev–Trinajstić information content (AvgIpc) is 3.65. The molecule has 5 aromatic carbocycles. The second-order valence-electron chi connectivity index (χ2n) is 11.6. The molecule has 262 valence electrons.